The van der Waals surface area contributed by atoms with E-state index in [1.165, 1.54) is 57.8 Å². The third-order valence-electron chi connectivity index (χ3n) is 5.52. The molecule has 0 spiro atoms. The van der Waals surface area contributed by atoms with E-state index in [1.54, 1.807) is 6.21 Å². The van der Waals surface area contributed by atoms with Crippen LogP contribution in [0.2, 0.25) is 0 Å². The average molecular weight is 437 g/mol. The average Bonchev–Trinajstić information content (AvgIpc) is 2.82. The Bertz CT molecular complexity index is 774. The molecular weight excluding hydrogens is 396 g/mol. The molecule has 4 heteroatoms. The van der Waals surface area contributed by atoms with E-state index in [2.05, 4.69) is 17.5 Å². The van der Waals surface area contributed by atoms with Crippen LogP contribution in [-0.4, -0.2) is 12.1 Å². The van der Waals surface area contributed by atoms with E-state index < -0.39 is 0 Å². The molecule has 0 unspecified atom stereocenters. The number of hydrogen-bond acceptors (Lipinski definition) is 3. The summed E-state index contributed by atoms with van der Waals surface area (Å²) in [6, 6.07) is 17.8. The Labute approximate surface area is 194 Å². The molecule has 0 saturated heterocycles. The van der Waals surface area contributed by atoms with Crippen molar-refractivity contribution >= 4 is 12.1 Å². The molecular formula is C28H40N2O2. The number of carbonyl (C=O) groups excluding carboxylic acids is 1. The molecule has 0 aliphatic carbocycles. The van der Waals surface area contributed by atoms with Gasteiger partial charge >= 0.3 is 0 Å². The van der Waals surface area contributed by atoms with Gasteiger partial charge in [0.05, 0.1) is 6.21 Å². The number of unbranched alkanes of at least 4 members (excludes halogenated alkanes) is 10. The first-order valence-corrected chi connectivity index (χ1v) is 12.4. The van der Waals surface area contributed by atoms with E-state index in [0.29, 0.717) is 13.0 Å². The van der Waals surface area contributed by atoms with Gasteiger partial charge in [-0.25, -0.2) is 5.43 Å². The highest BCUT2D eigenvalue weighted by atomic mass is 16.5. The molecule has 2 aromatic carbocycles. The molecule has 0 atom stereocenters. The van der Waals surface area contributed by atoms with Crippen LogP contribution in [0.25, 0.3) is 0 Å². The predicted molar refractivity (Wildman–Crippen MR) is 134 cm³/mol. The van der Waals surface area contributed by atoms with Crippen molar-refractivity contribution in [2.75, 3.05) is 0 Å². The van der Waals surface area contributed by atoms with Crippen molar-refractivity contribution in [3.05, 3.63) is 65.7 Å². The maximum Gasteiger partial charge on any atom is 0.240 e. The number of rotatable bonds is 17. The second kappa shape index (κ2) is 17.0. The van der Waals surface area contributed by atoms with Crippen LogP contribution in [0.1, 0.15) is 95.1 Å². The van der Waals surface area contributed by atoms with Crippen LogP contribution in [0.4, 0.5) is 0 Å². The third kappa shape index (κ3) is 12.3. The number of carbonyl (C=O) groups is 1. The zero-order chi connectivity index (χ0) is 22.7. The number of hydrogen-bond donors (Lipinski definition) is 1. The van der Waals surface area contributed by atoms with Crippen molar-refractivity contribution in [1.82, 2.24) is 5.43 Å². The SMILES string of the molecule is CCCCCCCCCCCCCC(=O)NN=Cc1cccc(OCc2ccccc2)c1. The van der Waals surface area contributed by atoms with Crippen molar-refractivity contribution in [3.63, 3.8) is 0 Å². The number of nitrogens with zero attached hydrogens (tertiary/aromatic N) is 1. The fraction of sp³-hybridized carbons (Fsp3) is 0.500. The maximum absolute atomic E-state index is 12.0. The summed E-state index contributed by atoms with van der Waals surface area (Å²) < 4.78 is 5.83. The third-order valence-corrected chi connectivity index (χ3v) is 5.52. The van der Waals surface area contributed by atoms with Gasteiger partial charge in [-0.1, -0.05) is 114 Å². The van der Waals surface area contributed by atoms with Gasteiger partial charge < -0.3 is 4.74 Å². The van der Waals surface area contributed by atoms with Gasteiger partial charge in [0.15, 0.2) is 0 Å². The van der Waals surface area contributed by atoms with Crippen LogP contribution >= 0.6 is 0 Å². The smallest absolute Gasteiger partial charge is 0.240 e. The maximum atomic E-state index is 12.0. The van der Waals surface area contributed by atoms with E-state index in [4.69, 9.17) is 4.74 Å². The molecule has 0 aromatic heterocycles. The molecule has 0 fully saturated rings. The predicted octanol–water partition coefficient (Wildman–Crippen LogP) is 7.42. The normalized spacial score (nSPS) is 11.0. The molecule has 1 N–H and O–H groups in total. The molecule has 1 amide bonds. The van der Waals surface area contributed by atoms with Crippen molar-refractivity contribution in [2.45, 2.75) is 90.6 Å². The van der Waals surface area contributed by atoms with E-state index >= 15 is 0 Å². The number of benzene rings is 2. The van der Waals surface area contributed by atoms with Crippen LogP contribution < -0.4 is 10.2 Å². The Kier molecular flexibility index (Phi) is 13.6. The monoisotopic (exact) mass is 436 g/mol. The Morgan fingerprint density at radius 1 is 0.844 bits per heavy atom. The van der Waals surface area contributed by atoms with Gasteiger partial charge in [-0.15, -0.1) is 0 Å². The Morgan fingerprint density at radius 2 is 1.50 bits per heavy atom. The first-order chi connectivity index (χ1) is 15.8. The van der Waals surface area contributed by atoms with Gasteiger partial charge in [0.25, 0.3) is 0 Å². The molecule has 0 saturated carbocycles. The largest absolute Gasteiger partial charge is 0.489 e. The lowest BCUT2D eigenvalue weighted by atomic mass is 10.1. The summed E-state index contributed by atoms with van der Waals surface area (Å²) in [7, 11) is 0. The highest BCUT2D eigenvalue weighted by Crippen LogP contribution is 2.14. The van der Waals surface area contributed by atoms with Crippen LogP contribution in [0.15, 0.2) is 59.7 Å². The summed E-state index contributed by atoms with van der Waals surface area (Å²) in [4.78, 5) is 12.0. The van der Waals surface area contributed by atoms with Crippen LogP contribution in [0.3, 0.4) is 0 Å². The number of ether oxygens (including phenoxy) is 1. The number of amides is 1. The molecule has 0 bridgehead atoms. The van der Waals surface area contributed by atoms with E-state index in [9.17, 15) is 4.79 Å². The molecule has 0 heterocycles. The van der Waals surface area contributed by atoms with Crippen molar-refractivity contribution in [3.8, 4) is 5.75 Å². The van der Waals surface area contributed by atoms with Gasteiger partial charge in [0.1, 0.15) is 12.4 Å². The zero-order valence-corrected chi connectivity index (χ0v) is 19.7. The Hall–Kier alpha value is -2.62. The quantitative estimate of drug-likeness (QED) is 0.159. The topological polar surface area (TPSA) is 50.7 Å². The molecule has 32 heavy (non-hydrogen) atoms. The molecule has 2 rings (SSSR count). The van der Waals surface area contributed by atoms with Crippen LogP contribution in [-0.2, 0) is 11.4 Å². The Morgan fingerprint density at radius 3 is 2.19 bits per heavy atom. The first-order valence-electron chi connectivity index (χ1n) is 12.4. The van der Waals surface area contributed by atoms with Gasteiger partial charge in [0.2, 0.25) is 5.91 Å². The minimum absolute atomic E-state index is 0.0198. The van der Waals surface area contributed by atoms with Crippen molar-refractivity contribution < 1.29 is 9.53 Å². The summed E-state index contributed by atoms with van der Waals surface area (Å²) in [5.74, 6) is 0.763. The van der Waals surface area contributed by atoms with Crippen molar-refractivity contribution in [2.24, 2.45) is 5.10 Å². The highest BCUT2D eigenvalue weighted by Gasteiger charge is 2.00. The zero-order valence-electron chi connectivity index (χ0n) is 19.7. The van der Waals surface area contributed by atoms with Gasteiger partial charge in [-0.3, -0.25) is 4.79 Å². The first kappa shape index (κ1) is 25.6. The van der Waals surface area contributed by atoms with Crippen LogP contribution in [0.5, 0.6) is 5.75 Å². The lowest BCUT2D eigenvalue weighted by Crippen LogP contribution is -2.16. The molecule has 2 aromatic rings. The lowest BCUT2D eigenvalue weighted by Gasteiger charge is -2.06. The number of nitrogens with one attached hydrogen (secondary N) is 1. The van der Waals surface area contributed by atoms with Gasteiger partial charge in [-0.05, 0) is 29.7 Å². The Balaban J connectivity index is 1.53. The fourth-order valence-electron chi connectivity index (χ4n) is 3.61. The minimum Gasteiger partial charge on any atom is -0.489 e. The molecule has 0 aliphatic rings. The molecule has 4 nitrogen and oxygen atoms in total. The summed E-state index contributed by atoms with van der Waals surface area (Å²) in [6.45, 7) is 2.78. The summed E-state index contributed by atoms with van der Waals surface area (Å²) in [6.07, 6.45) is 16.3. The van der Waals surface area contributed by atoms with Gasteiger partial charge in [0, 0.05) is 6.42 Å². The van der Waals surface area contributed by atoms with Crippen molar-refractivity contribution in [1.29, 1.82) is 0 Å². The fourth-order valence-corrected chi connectivity index (χ4v) is 3.61. The minimum atomic E-state index is -0.0198. The standard InChI is InChI=1S/C28H40N2O2/c1-2-3-4-5-6-7-8-9-10-11-15-21-28(31)30-29-23-26-19-16-20-27(22-26)32-24-25-17-13-12-14-18-25/h12-14,16-20,22-23H,2-11,15,21,24H2,1H3,(H,30,31). The molecule has 0 aliphatic heterocycles. The summed E-state index contributed by atoms with van der Waals surface area (Å²) in [5, 5.41) is 4.09. The second-order valence-electron chi connectivity index (χ2n) is 8.43. The molecule has 0 radical (unpaired) electrons. The second-order valence-corrected chi connectivity index (χ2v) is 8.43. The van der Waals surface area contributed by atoms with Gasteiger partial charge in [-0.2, -0.15) is 5.10 Å². The molecule has 174 valence electrons. The highest BCUT2D eigenvalue weighted by molar-refractivity contribution is 5.82. The summed E-state index contributed by atoms with van der Waals surface area (Å²) in [5.41, 5.74) is 4.65. The lowest BCUT2D eigenvalue weighted by molar-refractivity contribution is -0.121. The van der Waals surface area contributed by atoms with E-state index in [0.717, 1.165) is 29.7 Å². The number of hydrazone groups is 1. The summed E-state index contributed by atoms with van der Waals surface area (Å²) >= 11 is 0. The van der Waals surface area contributed by atoms with E-state index in [-0.39, 0.29) is 5.91 Å². The van der Waals surface area contributed by atoms with Crippen LogP contribution in [0, 0.1) is 0 Å². The van der Waals surface area contributed by atoms with E-state index in [1.807, 2.05) is 54.6 Å².